The van der Waals surface area contributed by atoms with E-state index in [1.807, 2.05) is 30.3 Å². The molecule has 2 heterocycles. The van der Waals surface area contributed by atoms with E-state index >= 15 is 0 Å². The molecule has 0 radical (unpaired) electrons. The number of carbonyl (C=O) groups excluding carboxylic acids is 1. The lowest BCUT2D eigenvalue weighted by Crippen LogP contribution is -2.49. The Kier molecular flexibility index (Phi) is 5.37. The summed E-state index contributed by atoms with van der Waals surface area (Å²) in [6.45, 7) is 1.78. The highest BCUT2D eigenvalue weighted by atomic mass is 19.1. The molecule has 2 bridgehead atoms. The highest BCUT2D eigenvalue weighted by Gasteiger charge is 2.58. The first-order valence-electron chi connectivity index (χ1n) is 9.85. The summed E-state index contributed by atoms with van der Waals surface area (Å²) in [6.07, 6.45) is 2.86. The summed E-state index contributed by atoms with van der Waals surface area (Å²) in [4.78, 5) is 24.6. The maximum atomic E-state index is 14.0. The third kappa shape index (κ3) is 3.72. The van der Waals surface area contributed by atoms with Crippen LogP contribution in [0.5, 0.6) is 0 Å². The number of aryl methyl sites for hydroxylation is 1. The highest BCUT2D eigenvalue weighted by molar-refractivity contribution is 6.04. The predicted molar refractivity (Wildman–Crippen MR) is 112 cm³/mol. The van der Waals surface area contributed by atoms with Gasteiger partial charge in [0.15, 0.2) is 0 Å². The number of esters is 1. The standard InChI is InChI=1S/C24H22FNO5/c1-14-10-16(25)13-17(11-14)26-19(12-15-6-4-3-5-7-15)24-9-8-18(31-24)20(22(27)28)21(24)23(29)30-2/h3-11,13,18-19,26H,12H2,1-2H3,(H,27,28). The smallest absolute Gasteiger partial charge is 0.337 e. The summed E-state index contributed by atoms with van der Waals surface area (Å²) in [7, 11) is 1.20. The van der Waals surface area contributed by atoms with Gasteiger partial charge in [0, 0.05) is 5.69 Å². The minimum absolute atomic E-state index is 0.0449. The van der Waals surface area contributed by atoms with Gasteiger partial charge in [-0.2, -0.15) is 0 Å². The number of carboxylic acids is 1. The number of fused-ring (bicyclic) bond motifs is 2. The van der Waals surface area contributed by atoms with Gasteiger partial charge in [0.05, 0.1) is 24.3 Å². The summed E-state index contributed by atoms with van der Waals surface area (Å²) in [5.74, 6) is -2.41. The van der Waals surface area contributed by atoms with Crippen LogP contribution in [-0.4, -0.2) is 41.9 Å². The first-order chi connectivity index (χ1) is 14.8. The molecule has 3 unspecified atom stereocenters. The largest absolute Gasteiger partial charge is 0.478 e. The molecule has 0 saturated heterocycles. The van der Waals surface area contributed by atoms with Crippen molar-refractivity contribution < 1.29 is 28.6 Å². The predicted octanol–water partition coefficient (Wildman–Crippen LogP) is 3.42. The van der Waals surface area contributed by atoms with Gasteiger partial charge in [-0.1, -0.05) is 36.4 Å². The van der Waals surface area contributed by atoms with Gasteiger partial charge in [-0.15, -0.1) is 0 Å². The number of hydrogen-bond acceptors (Lipinski definition) is 5. The molecule has 3 atom stereocenters. The zero-order valence-electron chi connectivity index (χ0n) is 17.1. The van der Waals surface area contributed by atoms with Crippen LogP contribution in [0.1, 0.15) is 11.1 Å². The van der Waals surface area contributed by atoms with Crippen LogP contribution >= 0.6 is 0 Å². The first kappa shape index (κ1) is 20.8. The van der Waals surface area contributed by atoms with E-state index in [9.17, 15) is 19.1 Å². The number of ether oxygens (including phenoxy) is 2. The molecule has 2 N–H and O–H groups in total. The molecular formula is C24H22FNO5. The number of aliphatic carboxylic acids is 1. The lowest BCUT2D eigenvalue weighted by Gasteiger charge is -2.36. The van der Waals surface area contributed by atoms with Crippen molar-refractivity contribution in [3.8, 4) is 0 Å². The van der Waals surface area contributed by atoms with Gasteiger partial charge < -0.3 is 19.9 Å². The quantitative estimate of drug-likeness (QED) is 0.524. The summed E-state index contributed by atoms with van der Waals surface area (Å²) < 4.78 is 25.1. The Hall–Kier alpha value is -3.45. The average molecular weight is 423 g/mol. The number of nitrogens with one attached hydrogen (secondary N) is 1. The summed E-state index contributed by atoms with van der Waals surface area (Å²) in [5, 5.41) is 13.0. The molecular weight excluding hydrogens is 401 g/mol. The monoisotopic (exact) mass is 423 g/mol. The van der Waals surface area contributed by atoms with Crippen LogP contribution < -0.4 is 5.32 Å². The van der Waals surface area contributed by atoms with Crippen LogP contribution in [0, 0.1) is 12.7 Å². The average Bonchev–Trinajstić information content (AvgIpc) is 3.31. The fourth-order valence-corrected chi connectivity index (χ4v) is 4.32. The number of halogens is 1. The van der Waals surface area contributed by atoms with E-state index < -0.39 is 35.5 Å². The lowest BCUT2D eigenvalue weighted by molar-refractivity contribution is -0.139. The van der Waals surface area contributed by atoms with E-state index in [1.165, 1.54) is 19.2 Å². The fourth-order valence-electron chi connectivity index (χ4n) is 4.32. The van der Waals surface area contributed by atoms with Crippen LogP contribution in [-0.2, 0) is 25.5 Å². The number of carbonyl (C=O) groups is 2. The number of carboxylic acid groups (broad SMARTS) is 1. The van der Waals surface area contributed by atoms with Crippen LogP contribution in [0.2, 0.25) is 0 Å². The van der Waals surface area contributed by atoms with E-state index in [4.69, 9.17) is 9.47 Å². The summed E-state index contributed by atoms with van der Waals surface area (Å²) in [5.41, 5.74) is 0.612. The molecule has 2 aliphatic heterocycles. The second-order valence-corrected chi connectivity index (χ2v) is 7.68. The number of methoxy groups -OCH3 is 1. The number of anilines is 1. The van der Waals surface area contributed by atoms with Crippen molar-refractivity contribution in [3.63, 3.8) is 0 Å². The van der Waals surface area contributed by atoms with Gasteiger partial charge in [-0.3, -0.25) is 0 Å². The van der Waals surface area contributed by atoms with E-state index in [0.717, 1.165) is 11.1 Å². The lowest BCUT2D eigenvalue weighted by atomic mass is 9.79. The molecule has 31 heavy (non-hydrogen) atoms. The van der Waals surface area contributed by atoms with Crippen LogP contribution in [0.15, 0.2) is 71.8 Å². The van der Waals surface area contributed by atoms with E-state index in [1.54, 1.807) is 25.1 Å². The van der Waals surface area contributed by atoms with Crippen molar-refractivity contribution >= 4 is 17.6 Å². The van der Waals surface area contributed by atoms with Gasteiger partial charge >= 0.3 is 11.9 Å². The Labute approximate surface area is 179 Å². The van der Waals surface area contributed by atoms with Gasteiger partial charge in [-0.25, -0.2) is 14.0 Å². The molecule has 0 aliphatic carbocycles. The van der Waals surface area contributed by atoms with Gasteiger partial charge in [0.25, 0.3) is 0 Å². The number of benzene rings is 2. The van der Waals surface area contributed by atoms with E-state index in [-0.39, 0.29) is 11.1 Å². The third-order valence-corrected chi connectivity index (χ3v) is 5.59. The molecule has 2 aromatic carbocycles. The molecule has 0 saturated carbocycles. The molecule has 7 heteroatoms. The Morgan fingerprint density at radius 1 is 1.26 bits per heavy atom. The van der Waals surface area contributed by atoms with Crippen molar-refractivity contribution in [2.45, 2.75) is 31.1 Å². The van der Waals surface area contributed by atoms with Crippen LogP contribution in [0.3, 0.4) is 0 Å². The van der Waals surface area contributed by atoms with Gasteiger partial charge in [0.2, 0.25) is 0 Å². The molecule has 6 nitrogen and oxygen atoms in total. The molecule has 0 amide bonds. The number of rotatable bonds is 7. The molecule has 0 fully saturated rings. The normalized spacial score (nSPS) is 22.5. The van der Waals surface area contributed by atoms with Crippen LogP contribution in [0.4, 0.5) is 10.1 Å². The first-order valence-corrected chi connectivity index (χ1v) is 9.85. The summed E-state index contributed by atoms with van der Waals surface area (Å²) in [6, 6.07) is 13.4. The molecule has 0 spiro atoms. The van der Waals surface area contributed by atoms with Gasteiger partial charge in [0.1, 0.15) is 17.5 Å². The molecule has 2 aromatic rings. The molecule has 160 valence electrons. The Balaban J connectivity index is 1.82. The topological polar surface area (TPSA) is 84.9 Å². The third-order valence-electron chi connectivity index (χ3n) is 5.59. The minimum Gasteiger partial charge on any atom is -0.478 e. The van der Waals surface area contributed by atoms with Crippen molar-refractivity contribution in [1.82, 2.24) is 0 Å². The number of hydrogen-bond donors (Lipinski definition) is 2. The van der Waals surface area contributed by atoms with Crippen molar-refractivity contribution in [2.24, 2.45) is 0 Å². The highest BCUT2D eigenvalue weighted by Crippen LogP contribution is 2.47. The Morgan fingerprint density at radius 2 is 2.00 bits per heavy atom. The maximum Gasteiger partial charge on any atom is 0.337 e. The maximum absolute atomic E-state index is 14.0. The van der Waals surface area contributed by atoms with Gasteiger partial charge in [-0.05, 0) is 48.7 Å². The van der Waals surface area contributed by atoms with E-state index in [2.05, 4.69) is 5.32 Å². The summed E-state index contributed by atoms with van der Waals surface area (Å²) >= 11 is 0. The Bertz CT molecular complexity index is 1070. The molecule has 0 aromatic heterocycles. The second-order valence-electron chi connectivity index (χ2n) is 7.68. The van der Waals surface area contributed by atoms with Crippen LogP contribution in [0.25, 0.3) is 0 Å². The molecule has 2 aliphatic rings. The fraction of sp³-hybridized carbons (Fsp3) is 0.250. The van der Waals surface area contributed by atoms with Crippen molar-refractivity contribution in [3.05, 3.63) is 88.8 Å². The zero-order valence-corrected chi connectivity index (χ0v) is 17.1. The minimum atomic E-state index is -1.37. The SMILES string of the molecule is COC(=O)C1=C(C(=O)O)C2C=CC1(C(Cc1ccccc1)Nc1cc(C)cc(F)c1)O2. The van der Waals surface area contributed by atoms with E-state index in [0.29, 0.717) is 12.1 Å². The zero-order chi connectivity index (χ0) is 22.2. The van der Waals surface area contributed by atoms with Crippen molar-refractivity contribution in [1.29, 1.82) is 0 Å². The Morgan fingerprint density at radius 3 is 2.65 bits per heavy atom. The molecule has 4 rings (SSSR count). The van der Waals surface area contributed by atoms with Crippen molar-refractivity contribution in [2.75, 3.05) is 12.4 Å². The second kappa shape index (κ2) is 8.00.